The third-order valence-electron chi connectivity index (χ3n) is 3.36. The Morgan fingerprint density at radius 1 is 1.24 bits per heavy atom. The lowest BCUT2D eigenvalue weighted by atomic mass is 10.0. The van der Waals surface area contributed by atoms with Crippen molar-refractivity contribution in [1.82, 2.24) is 4.72 Å². The van der Waals surface area contributed by atoms with Crippen LogP contribution in [0.3, 0.4) is 0 Å². The van der Waals surface area contributed by atoms with Crippen LogP contribution in [0.2, 0.25) is 0 Å². The molecule has 4 nitrogen and oxygen atoms in total. The van der Waals surface area contributed by atoms with Crippen molar-refractivity contribution in [3.63, 3.8) is 0 Å². The Morgan fingerprint density at radius 2 is 1.90 bits per heavy atom. The molecule has 0 spiro atoms. The molecule has 0 aliphatic heterocycles. The smallest absolute Gasteiger partial charge is 0.241 e. The van der Waals surface area contributed by atoms with E-state index in [1.54, 1.807) is 42.5 Å². The van der Waals surface area contributed by atoms with E-state index in [-0.39, 0.29) is 10.8 Å². The van der Waals surface area contributed by atoms with Gasteiger partial charge in [0, 0.05) is 0 Å². The Bertz CT molecular complexity index is 688. The third-order valence-corrected chi connectivity index (χ3v) is 4.82. The summed E-state index contributed by atoms with van der Waals surface area (Å²) in [6, 6.07) is 9.73. The fourth-order valence-electron chi connectivity index (χ4n) is 1.98. The van der Waals surface area contributed by atoms with Gasteiger partial charge in [-0.25, -0.2) is 8.42 Å². The van der Waals surface area contributed by atoms with Gasteiger partial charge in [0.2, 0.25) is 10.0 Å². The zero-order chi connectivity index (χ0) is 15.5. The molecule has 2 rings (SSSR count). The van der Waals surface area contributed by atoms with E-state index in [0.29, 0.717) is 5.76 Å². The maximum atomic E-state index is 12.5. The number of benzene rings is 1. The Balaban J connectivity index is 2.31. The minimum atomic E-state index is -3.62. The summed E-state index contributed by atoms with van der Waals surface area (Å²) in [6.45, 7) is 7.53. The average Bonchev–Trinajstić information content (AvgIpc) is 2.98. The second-order valence-electron chi connectivity index (χ2n) is 5.02. The van der Waals surface area contributed by atoms with Crippen LogP contribution >= 0.6 is 0 Å². The topological polar surface area (TPSA) is 59.3 Å². The number of rotatable bonds is 6. The predicted molar refractivity (Wildman–Crippen MR) is 82.3 cm³/mol. The van der Waals surface area contributed by atoms with Crippen molar-refractivity contribution in [2.45, 2.75) is 24.8 Å². The first-order valence-corrected chi connectivity index (χ1v) is 8.17. The molecule has 0 radical (unpaired) electrons. The first-order chi connectivity index (χ1) is 9.94. The molecule has 2 aromatic rings. The molecule has 2 atom stereocenters. The predicted octanol–water partition coefficient (Wildman–Crippen LogP) is 3.43. The van der Waals surface area contributed by atoms with Gasteiger partial charge in [0.25, 0.3) is 0 Å². The Labute approximate surface area is 125 Å². The molecule has 21 heavy (non-hydrogen) atoms. The van der Waals surface area contributed by atoms with Gasteiger partial charge in [0.05, 0.1) is 17.2 Å². The van der Waals surface area contributed by atoms with Gasteiger partial charge >= 0.3 is 0 Å². The van der Waals surface area contributed by atoms with E-state index >= 15 is 0 Å². The Kier molecular flexibility index (Phi) is 4.65. The number of nitrogens with one attached hydrogen (secondary N) is 1. The Hall–Kier alpha value is -1.85. The monoisotopic (exact) mass is 305 g/mol. The minimum absolute atomic E-state index is 0.101. The van der Waals surface area contributed by atoms with Gasteiger partial charge in [-0.1, -0.05) is 30.7 Å². The first kappa shape index (κ1) is 15.5. The molecular formula is C16H19NO3S. The number of hydrogen-bond acceptors (Lipinski definition) is 3. The quantitative estimate of drug-likeness (QED) is 0.832. The van der Waals surface area contributed by atoms with Gasteiger partial charge in [-0.2, -0.15) is 4.72 Å². The molecule has 0 saturated heterocycles. The molecule has 5 heteroatoms. The van der Waals surface area contributed by atoms with Crippen LogP contribution in [0.25, 0.3) is 0 Å². The van der Waals surface area contributed by atoms with Crippen molar-refractivity contribution in [2.24, 2.45) is 5.92 Å². The minimum Gasteiger partial charge on any atom is -0.468 e. The van der Waals surface area contributed by atoms with Crippen LogP contribution in [0.4, 0.5) is 0 Å². The highest BCUT2D eigenvalue weighted by molar-refractivity contribution is 7.89. The van der Waals surface area contributed by atoms with E-state index < -0.39 is 16.1 Å². The van der Waals surface area contributed by atoms with Crippen LogP contribution < -0.4 is 4.72 Å². The Morgan fingerprint density at radius 3 is 2.43 bits per heavy atom. The summed E-state index contributed by atoms with van der Waals surface area (Å²) in [5.74, 6) is 0.467. The van der Waals surface area contributed by atoms with E-state index in [1.807, 2.05) is 13.8 Å². The molecule has 0 unspecified atom stereocenters. The summed E-state index contributed by atoms with van der Waals surface area (Å²) in [5, 5.41) is 0. The van der Waals surface area contributed by atoms with Crippen LogP contribution in [-0.2, 0) is 10.0 Å². The highest BCUT2D eigenvalue weighted by Crippen LogP contribution is 2.25. The second-order valence-corrected chi connectivity index (χ2v) is 6.74. The second kappa shape index (κ2) is 6.28. The molecule has 1 heterocycles. The lowest BCUT2D eigenvalue weighted by molar-refractivity contribution is 0.398. The van der Waals surface area contributed by atoms with E-state index in [4.69, 9.17) is 4.42 Å². The summed E-state index contributed by atoms with van der Waals surface area (Å²) < 4.78 is 33.0. The summed E-state index contributed by atoms with van der Waals surface area (Å²) in [6.07, 6.45) is 3.23. The molecule has 0 amide bonds. The SMILES string of the molecule is C=C[C@@H](C)[C@H](NS(=O)(=O)c1ccc(C)cc1)c1ccco1. The van der Waals surface area contributed by atoms with E-state index in [1.165, 1.54) is 6.26 Å². The molecule has 0 bridgehead atoms. The molecule has 0 fully saturated rings. The van der Waals surface area contributed by atoms with Crippen LogP contribution in [-0.4, -0.2) is 8.42 Å². The van der Waals surface area contributed by atoms with Crippen molar-refractivity contribution in [2.75, 3.05) is 0 Å². The highest BCUT2D eigenvalue weighted by atomic mass is 32.2. The van der Waals surface area contributed by atoms with E-state index in [2.05, 4.69) is 11.3 Å². The summed E-state index contributed by atoms with van der Waals surface area (Å²) >= 11 is 0. The molecule has 1 N–H and O–H groups in total. The van der Waals surface area contributed by atoms with Crippen LogP contribution in [0.1, 0.15) is 24.3 Å². The summed E-state index contributed by atoms with van der Waals surface area (Å²) in [4.78, 5) is 0.237. The van der Waals surface area contributed by atoms with Gasteiger partial charge in [0.1, 0.15) is 5.76 Å². The normalized spacial score (nSPS) is 14.6. The van der Waals surface area contributed by atoms with Gasteiger partial charge in [0.15, 0.2) is 0 Å². The molecule has 0 aliphatic rings. The van der Waals surface area contributed by atoms with Gasteiger partial charge in [-0.3, -0.25) is 0 Å². The molecule has 1 aromatic heterocycles. The van der Waals surface area contributed by atoms with E-state index in [0.717, 1.165) is 5.56 Å². The molecule has 0 saturated carbocycles. The lowest BCUT2D eigenvalue weighted by Gasteiger charge is -2.20. The van der Waals surface area contributed by atoms with Crippen LogP contribution in [0.15, 0.2) is 64.6 Å². The molecule has 1 aromatic carbocycles. The highest BCUT2D eigenvalue weighted by Gasteiger charge is 2.26. The number of aryl methyl sites for hydroxylation is 1. The summed E-state index contributed by atoms with van der Waals surface area (Å²) in [7, 11) is -3.62. The standard InChI is InChI=1S/C16H19NO3S/c1-4-13(3)16(15-6-5-11-20-15)17-21(18,19)14-9-7-12(2)8-10-14/h4-11,13,16-17H,1H2,2-3H3/t13-,16+/m1/s1. The maximum Gasteiger partial charge on any atom is 0.241 e. The number of furan rings is 1. The third kappa shape index (κ3) is 3.62. The number of sulfonamides is 1. The van der Waals surface area contributed by atoms with Crippen molar-refractivity contribution in [3.8, 4) is 0 Å². The van der Waals surface area contributed by atoms with Crippen molar-refractivity contribution >= 4 is 10.0 Å². The summed E-state index contributed by atoms with van der Waals surface area (Å²) in [5.41, 5.74) is 1.01. The van der Waals surface area contributed by atoms with Gasteiger partial charge in [-0.15, -0.1) is 6.58 Å². The first-order valence-electron chi connectivity index (χ1n) is 6.69. The fraction of sp³-hybridized carbons (Fsp3) is 0.250. The molecule has 112 valence electrons. The maximum absolute atomic E-state index is 12.5. The zero-order valence-electron chi connectivity index (χ0n) is 12.1. The van der Waals surface area contributed by atoms with Gasteiger partial charge in [-0.05, 0) is 37.1 Å². The van der Waals surface area contributed by atoms with Crippen LogP contribution in [0.5, 0.6) is 0 Å². The lowest BCUT2D eigenvalue weighted by Crippen LogP contribution is -2.31. The molecule has 0 aliphatic carbocycles. The molecular weight excluding hydrogens is 286 g/mol. The average molecular weight is 305 g/mol. The van der Waals surface area contributed by atoms with Crippen LogP contribution in [0, 0.1) is 12.8 Å². The van der Waals surface area contributed by atoms with Crippen molar-refractivity contribution < 1.29 is 12.8 Å². The number of hydrogen-bond donors (Lipinski definition) is 1. The fourth-order valence-corrected chi connectivity index (χ4v) is 3.28. The van der Waals surface area contributed by atoms with Gasteiger partial charge < -0.3 is 4.42 Å². The van der Waals surface area contributed by atoms with Crippen molar-refractivity contribution in [1.29, 1.82) is 0 Å². The largest absolute Gasteiger partial charge is 0.468 e. The zero-order valence-corrected chi connectivity index (χ0v) is 12.9. The van der Waals surface area contributed by atoms with E-state index in [9.17, 15) is 8.42 Å². The van der Waals surface area contributed by atoms with Crippen molar-refractivity contribution in [3.05, 3.63) is 66.6 Å².